The Balaban J connectivity index is 0.000000202. The van der Waals surface area contributed by atoms with Crippen molar-refractivity contribution < 1.29 is 24.3 Å². The fourth-order valence-corrected chi connectivity index (χ4v) is 0.482. The van der Waals surface area contributed by atoms with Crippen molar-refractivity contribution in [2.75, 3.05) is 19.8 Å². The van der Waals surface area contributed by atoms with Crippen LogP contribution in [0.25, 0.3) is 0 Å². The number of ether oxygens (including phenoxy) is 1. The highest BCUT2D eigenvalue weighted by Crippen LogP contribution is 1.93. The molecule has 0 aliphatic carbocycles. The molecule has 1 heterocycles. The smallest absolute Gasteiger partial charge is 0.302 e. The molecule has 0 aromatic rings. The standard InChI is InChI=1S/C4H8O2.C3H6O3/c1-3-6-4(2)5;1-2-4-6-5-3-1/h3H2,1-2H3;1-3H2. The van der Waals surface area contributed by atoms with Crippen molar-refractivity contribution in [3.8, 4) is 0 Å². The van der Waals surface area contributed by atoms with Gasteiger partial charge in [0.05, 0.1) is 19.8 Å². The number of hydrogen-bond donors (Lipinski definition) is 0. The van der Waals surface area contributed by atoms with Crippen LogP contribution in [-0.2, 0) is 24.3 Å². The molecule has 5 heteroatoms. The molecule has 0 amide bonds. The van der Waals surface area contributed by atoms with Crippen molar-refractivity contribution in [3.63, 3.8) is 0 Å². The molecule has 1 saturated heterocycles. The Hall–Kier alpha value is -0.650. The predicted molar refractivity (Wildman–Crippen MR) is 39.9 cm³/mol. The maximum absolute atomic E-state index is 9.82. The van der Waals surface area contributed by atoms with Gasteiger partial charge in [-0.05, 0) is 6.92 Å². The third kappa shape index (κ3) is 9.35. The predicted octanol–water partition coefficient (Wildman–Crippen LogP) is 0.839. The van der Waals surface area contributed by atoms with Gasteiger partial charge in [0, 0.05) is 13.3 Å². The first kappa shape index (κ1) is 11.4. The van der Waals surface area contributed by atoms with E-state index in [1.54, 1.807) is 6.92 Å². The quantitative estimate of drug-likeness (QED) is 0.440. The highest BCUT2D eigenvalue weighted by atomic mass is 17.5. The second kappa shape index (κ2) is 8.45. The van der Waals surface area contributed by atoms with E-state index >= 15 is 0 Å². The lowest BCUT2D eigenvalue weighted by atomic mass is 10.5. The van der Waals surface area contributed by atoms with Crippen LogP contribution in [0.4, 0.5) is 0 Å². The second-order valence-electron chi connectivity index (χ2n) is 1.99. The van der Waals surface area contributed by atoms with E-state index in [0.29, 0.717) is 19.8 Å². The van der Waals surface area contributed by atoms with Crippen molar-refractivity contribution >= 4 is 5.97 Å². The molecule has 5 nitrogen and oxygen atoms in total. The maximum atomic E-state index is 9.82. The molecular formula is C7H14O5. The Labute approximate surface area is 71.4 Å². The average Bonchev–Trinajstić information content (AvgIpc) is 2.08. The first-order chi connectivity index (χ1) is 5.77. The van der Waals surface area contributed by atoms with Gasteiger partial charge in [-0.25, -0.2) is 9.78 Å². The van der Waals surface area contributed by atoms with Crippen LogP contribution >= 0.6 is 0 Å². The second-order valence-corrected chi connectivity index (χ2v) is 1.99. The van der Waals surface area contributed by atoms with Gasteiger partial charge in [0.2, 0.25) is 0 Å². The van der Waals surface area contributed by atoms with E-state index in [0.717, 1.165) is 6.42 Å². The Bertz CT molecular complexity index is 98.9. The van der Waals surface area contributed by atoms with Gasteiger partial charge >= 0.3 is 5.97 Å². The van der Waals surface area contributed by atoms with Gasteiger partial charge in [-0.2, -0.15) is 0 Å². The molecule has 0 atom stereocenters. The zero-order chi connectivity index (χ0) is 9.23. The first-order valence-corrected chi connectivity index (χ1v) is 3.81. The largest absolute Gasteiger partial charge is 0.466 e. The van der Waals surface area contributed by atoms with E-state index in [1.165, 1.54) is 6.92 Å². The number of hydrogen-bond acceptors (Lipinski definition) is 5. The summed E-state index contributed by atoms with van der Waals surface area (Å²) in [5, 5.41) is 4.07. The van der Waals surface area contributed by atoms with E-state index in [4.69, 9.17) is 0 Å². The van der Waals surface area contributed by atoms with Crippen LogP contribution in [-0.4, -0.2) is 25.8 Å². The summed E-state index contributed by atoms with van der Waals surface area (Å²) in [5.74, 6) is -0.211. The summed E-state index contributed by atoms with van der Waals surface area (Å²) >= 11 is 0. The molecular weight excluding hydrogens is 164 g/mol. The van der Waals surface area contributed by atoms with Crippen molar-refractivity contribution in [2.45, 2.75) is 20.3 Å². The fourth-order valence-electron chi connectivity index (χ4n) is 0.482. The number of rotatable bonds is 1. The van der Waals surface area contributed by atoms with E-state index < -0.39 is 0 Å². The minimum atomic E-state index is -0.211. The molecule has 0 spiro atoms. The maximum Gasteiger partial charge on any atom is 0.302 e. The summed E-state index contributed by atoms with van der Waals surface area (Å²) < 4.78 is 4.40. The Morgan fingerprint density at radius 2 is 2.00 bits per heavy atom. The summed E-state index contributed by atoms with van der Waals surface area (Å²) in [6.45, 7) is 4.96. The summed E-state index contributed by atoms with van der Waals surface area (Å²) in [4.78, 5) is 18.5. The molecule has 0 aromatic heterocycles. The zero-order valence-electron chi connectivity index (χ0n) is 7.37. The van der Waals surface area contributed by atoms with Crippen LogP contribution in [0.5, 0.6) is 0 Å². The van der Waals surface area contributed by atoms with Crippen LogP contribution in [0.2, 0.25) is 0 Å². The first-order valence-electron chi connectivity index (χ1n) is 3.81. The van der Waals surface area contributed by atoms with E-state index in [1.807, 2.05) is 0 Å². The third-order valence-corrected chi connectivity index (χ3v) is 0.899. The van der Waals surface area contributed by atoms with E-state index in [-0.39, 0.29) is 5.97 Å². The SMILES string of the molecule is C1COOOC1.CCOC(C)=O. The van der Waals surface area contributed by atoms with Gasteiger partial charge in [-0.3, -0.25) is 4.79 Å². The zero-order valence-corrected chi connectivity index (χ0v) is 7.37. The van der Waals surface area contributed by atoms with Crippen LogP contribution < -0.4 is 0 Å². The lowest BCUT2D eigenvalue weighted by Crippen LogP contribution is -2.08. The summed E-state index contributed by atoms with van der Waals surface area (Å²) in [5.41, 5.74) is 0. The molecule has 0 radical (unpaired) electrons. The molecule has 1 fully saturated rings. The lowest BCUT2D eigenvalue weighted by Gasteiger charge is -2.06. The van der Waals surface area contributed by atoms with Gasteiger partial charge in [-0.1, -0.05) is 5.04 Å². The average molecular weight is 178 g/mol. The van der Waals surface area contributed by atoms with E-state index in [2.05, 4.69) is 19.6 Å². The van der Waals surface area contributed by atoms with Crippen LogP contribution in [0.1, 0.15) is 20.3 Å². The molecule has 12 heavy (non-hydrogen) atoms. The lowest BCUT2D eigenvalue weighted by molar-refractivity contribution is -0.532. The van der Waals surface area contributed by atoms with Crippen molar-refractivity contribution in [1.82, 2.24) is 0 Å². The highest BCUT2D eigenvalue weighted by Gasteiger charge is 1.96. The Morgan fingerprint density at radius 1 is 1.42 bits per heavy atom. The molecule has 0 aromatic carbocycles. The molecule has 72 valence electrons. The van der Waals surface area contributed by atoms with Crippen molar-refractivity contribution in [3.05, 3.63) is 0 Å². The molecule has 0 unspecified atom stereocenters. The molecule has 1 rings (SSSR count). The molecule has 1 aliphatic rings. The van der Waals surface area contributed by atoms with Gasteiger partial charge in [-0.15, -0.1) is 0 Å². The van der Waals surface area contributed by atoms with Gasteiger partial charge < -0.3 is 4.74 Å². The normalized spacial score (nSPS) is 15.8. The number of esters is 1. The monoisotopic (exact) mass is 178 g/mol. The van der Waals surface area contributed by atoms with Crippen molar-refractivity contribution in [1.29, 1.82) is 0 Å². The van der Waals surface area contributed by atoms with E-state index in [9.17, 15) is 4.79 Å². The van der Waals surface area contributed by atoms with Crippen LogP contribution in [0, 0.1) is 0 Å². The van der Waals surface area contributed by atoms with Crippen molar-refractivity contribution in [2.24, 2.45) is 0 Å². The van der Waals surface area contributed by atoms with Crippen LogP contribution in [0.3, 0.4) is 0 Å². The van der Waals surface area contributed by atoms with Gasteiger partial charge in [0.25, 0.3) is 0 Å². The summed E-state index contributed by atoms with van der Waals surface area (Å²) in [6, 6.07) is 0. The summed E-state index contributed by atoms with van der Waals surface area (Å²) in [6.07, 6.45) is 0.931. The molecule has 0 N–H and O–H groups in total. The summed E-state index contributed by atoms with van der Waals surface area (Å²) in [7, 11) is 0. The van der Waals surface area contributed by atoms with Gasteiger partial charge in [0.1, 0.15) is 0 Å². The Kier molecular flexibility index (Phi) is 7.99. The molecule has 1 aliphatic heterocycles. The highest BCUT2D eigenvalue weighted by molar-refractivity contribution is 5.65. The van der Waals surface area contributed by atoms with Crippen LogP contribution in [0.15, 0.2) is 0 Å². The topological polar surface area (TPSA) is 54.0 Å². The fraction of sp³-hybridized carbons (Fsp3) is 0.857. The number of carbonyl (C=O) groups excluding carboxylic acids is 1. The minimum Gasteiger partial charge on any atom is -0.466 e. The molecule has 0 bridgehead atoms. The molecule has 0 saturated carbocycles. The Morgan fingerprint density at radius 3 is 2.08 bits per heavy atom. The minimum absolute atomic E-state index is 0.211. The number of carbonyl (C=O) groups is 1. The third-order valence-electron chi connectivity index (χ3n) is 0.899. The van der Waals surface area contributed by atoms with Gasteiger partial charge in [0.15, 0.2) is 0 Å².